The van der Waals surface area contributed by atoms with Crippen LogP contribution in [0.4, 0.5) is 5.69 Å². The van der Waals surface area contributed by atoms with Crippen LogP contribution in [0.25, 0.3) is 0 Å². The number of thiophene rings is 1. The second kappa shape index (κ2) is 9.00. The van der Waals surface area contributed by atoms with Crippen LogP contribution in [-0.2, 0) is 4.79 Å². The molecule has 2 amide bonds. The Labute approximate surface area is 162 Å². The lowest BCUT2D eigenvalue weighted by Gasteiger charge is -2.09. The highest BCUT2D eigenvalue weighted by molar-refractivity contribution is 7.12. The molecule has 0 unspecified atom stereocenters. The quantitative estimate of drug-likeness (QED) is 0.629. The van der Waals surface area contributed by atoms with Crippen molar-refractivity contribution in [3.8, 4) is 11.5 Å². The first-order chi connectivity index (χ1) is 13.1. The Kier molecular flexibility index (Phi) is 6.22. The van der Waals surface area contributed by atoms with Gasteiger partial charge < -0.3 is 15.4 Å². The predicted octanol–water partition coefficient (Wildman–Crippen LogP) is 4.61. The minimum absolute atomic E-state index is 0.157. The van der Waals surface area contributed by atoms with E-state index >= 15 is 0 Å². The summed E-state index contributed by atoms with van der Waals surface area (Å²) in [6, 6.07) is 18.5. The van der Waals surface area contributed by atoms with Gasteiger partial charge in [0.05, 0.1) is 4.88 Å². The molecule has 1 aromatic heterocycles. The van der Waals surface area contributed by atoms with E-state index in [1.54, 1.807) is 30.3 Å². The predicted molar refractivity (Wildman–Crippen MR) is 108 cm³/mol. The van der Waals surface area contributed by atoms with Gasteiger partial charge >= 0.3 is 0 Å². The number of anilines is 1. The zero-order valence-corrected chi connectivity index (χ0v) is 15.7. The number of amides is 2. The van der Waals surface area contributed by atoms with Crippen molar-refractivity contribution < 1.29 is 14.3 Å². The minimum Gasteiger partial charge on any atom is -0.457 e. The zero-order chi connectivity index (χ0) is 19.1. The van der Waals surface area contributed by atoms with Crippen LogP contribution < -0.4 is 15.4 Å². The first-order valence-corrected chi connectivity index (χ1v) is 9.44. The Morgan fingerprint density at radius 1 is 1.00 bits per heavy atom. The fourth-order valence-electron chi connectivity index (χ4n) is 2.43. The molecule has 6 heteroatoms. The van der Waals surface area contributed by atoms with E-state index in [4.69, 9.17) is 4.74 Å². The van der Waals surface area contributed by atoms with Crippen molar-refractivity contribution >= 4 is 28.8 Å². The van der Waals surface area contributed by atoms with Gasteiger partial charge in [0.25, 0.3) is 5.91 Å². The summed E-state index contributed by atoms with van der Waals surface area (Å²) in [7, 11) is 0. The number of benzene rings is 2. The highest BCUT2D eigenvalue weighted by Crippen LogP contribution is 2.23. The fourth-order valence-corrected chi connectivity index (χ4v) is 3.07. The largest absolute Gasteiger partial charge is 0.457 e. The Balaban J connectivity index is 1.45. The molecule has 0 radical (unpaired) electrons. The average Bonchev–Trinajstić information content (AvgIpc) is 3.18. The Morgan fingerprint density at radius 3 is 2.52 bits per heavy atom. The van der Waals surface area contributed by atoms with E-state index in [0.29, 0.717) is 16.3 Å². The number of hydrogen-bond acceptors (Lipinski definition) is 4. The molecule has 0 atom stereocenters. The lowest BCUT2D eigenvalue weighted by molar-refractivity contribution is -0.116. The molecule has 27 heavy (non-hydrogen) atoms. The maximum absolute atomic E-state index is 12.0. The first kappa shape index (κ1) is 18.7. The van der Waals surface area contributed by atoms with Crippen LogP contribution in [0.3, 0.4) is 0 Å². The highest BCUT2D eigenvalue weighted by Gasteiger charge is 2.08. The summed E-state index contributed by atoms with van der Waals surface area (Å²) in [4.78, 5) is 24.4. The number of nitrogens with one attached hydrogen (secondary N) is 2. The van der Waals surface area contributed by atoms with Crippen LogP contribution in [-0.4, -0.2) is 18.4 Å². The molecule has 0 saturated carbocycles. The minimum atomic E-state index is -0.158. The topological polar surface area (TPSA) is 67.4 Å². The van der Waals surface area contributed by atoms with Crippen molar-refractivity contribution in [2.24, 2.45) is 0 Å². The molecule has 0 bridgehead atoms. The Morgan fingerprint density at radius 2 is 1.81 bits per heavy atom. The van der Waals surface area contributed by atoms with E-state index in [-0.39, 0.29) is 24.8 Å². The van der Waals surface area contributed by atoms with E-state index in [1.807, 2.05) is 42.6 Å². The van der Waals surface area contributed by atoms with Gasteiger partial charge in [0.15, 0.2) is 0 Å². The van der Waals surface area contributed by atoms with Gasteiger partial charge in [0.2, 0.25) is 5.91 Å². The second-order valence-electron chi connectivity index (χ2n) is 5.97. The molecular formula is C21H20N2O3S. The molecule has 2 aromatic carbocycles. The maximum Gasteiger partial charge on any atom is 0.261 e. The van der Waals surface area contributed by atoms with Crippen molar-refractivity contribution in [2.75, 3.05) is 11.9 Å². The van der Waals surface area contributed by atoms with Crippen molar-refractivity contribution in [2.45, 2.75) is 13.3 Å². The average molecular weight is 380 g/mol. The van der Waals surface area contributed by atoms with Crippen LogP contribution in [0.5, 0.6) is 11.5 Å². The van der Waals surface area contributed by atoms with Gasteiger partial charge in [-0.05, 0) is 60.3 Å². The van der Waals surface area contributed by atoms with Gasteiger partial charge in [-0.2, -0.15) is 0 Å². The molecular weight excluding hydrogens is 360 g/mol. The van der Waals surface area contributed by atoms with Crippen LogP contribution in [0.2, 0.25) is 0 Å². The van der Waals surface area contributed by atoms with E-state index in [0.717, 1.165) is 11.3 Å². The summed E-state index contributed by atoms with van der Waals surface area (Å²) in [5.74, 6) is 1.15. The Bertz CT molecular complexity index is 905. The summed E-state index contributed by atoms with van der Waals surface area (Å²) in [5, 5.41) is 7.38. The fraction of sp³-hybridized carbons (Fsp3) is 0.143. The third kappa shape index (κ3) is 5.69. The number of carbonyl (C=O) groups is 2. The van der Waals surface area contributed by atoms with Crippen LogP contribution in [0, 0.1) is 6.92 Å². The maximum atomic E-state index is 12.0. The molecule has 138 valence electrons. The van der Waals surface area contributed by atoms with Gasteiger partial charge in [-0.25, -0.2) is 0 Å². The van der Waals surface area contributed by atoms with Crippen molar-refractivity contribution in [1.29, 1.82) is 0 Å². The zero-order valence-electron chi connectivity index (χ0n) is 14.9. The van der Waals surface area contributed by atoms with E-state index in [1.165, 1.54) is 11.3 Å². The lowest BCUT2D eigenvalue weighted by Crippen LogP contribution is -2.27. The normalized spacial score (nSPS) is 10.3. The monoisotopic (exact) mass is 380 g/mol. The molecule has 0 saturated heterocycles. The van der Waals surface area contributed by atoms with Gasteiger partial charge in [-0.1, -0.05) is 18.2 Å². The number of hydrogen-bond donors (Lipinski definition) is 2. The molecule has 2 N–H and O–H groups in total. The van der Waals surface area contributed by atoms with Crippen molar-refractivity contribution in [3.63, 3.8) is 0 Å². The summed E-state index contributed by atoms with van der Waals surface area (Å²) in [6.45, 7) is 2.30. The molecule has 0 aliphatic rings. The van der Waals surface area contributed by atoms with Gasteiger partial charge in [-0.3, -0.25) is 9.59 Å². The van der Waals surface area contributed by atoms with E-state index in [9.17, 15) is 9.59 Å². The molecule has 3 rings (SSSR count). The SMILES string of the molecule is Cc1cccc(Oc2ccc(NC(=O)CCNC(=O)c3cccs3)cc2)c1. The molecule has 0 spiro atoms. The van der Waals surface area contributed by atoms with E-state index < -0.39 is 0 Å². The van der Waals surface area contributed by atoms with Crippen LogP contribution in [0.1, 0.15) is 21.7 Å². The third-order valence-electron chi connectivity index (χ3n) is 3.75. The smallest absolute Gasteiger partial charge is 0.261 e. The van der Waals surface area contributed by atoms with E-state index in [2.05, 4.69) is 10.6 Å². The van der Waals surface area contributed by atoms with Crippen molar-refractivity contribution in [1.82, 2.24) is 5.32 Å². The number of rotatable bonds is 7. The first-order valence-electron chi connectivity index (χ1n) is 8.56. The number of aryl methyl sites for hydroxylation is 1. The molecule has 5 nitrogen and oxygen atoms in total. The molecule has 0 fully saturated rings. The molecule has 3 aromatic rings. The summed E-state index contributed by atoms with van der Waals surface area (Å²) in [5.41, 5.74) is 1.81. The van der Waals surface area contributed by atoms with Crippen LogP contribution in [0.15, 0.2) is 66.0 Å². The van der Waals surface area contributed by atoms with Gasteiger partial charge in [0.1, 0.15) is 11.5 Å². The van der Waals surface area contributed by atoms with Crippen LogP contribution >= 0.6 is 11.3 Å². The standard InChI is InChI=1S/C21H20N2O3S/c1-15-4-2-5-18(14-15)26-17-9-7-16(8-10-17)23-20(24)11-12-22-21(25)19-6-3-13-27-19/h2-10,13-14H,11-12H2,1H3,(H,22,25)(H,23,24). The molecule has 0 aliphatic heterocycles. The molecule has 1 heterocycles. The van der Waals surface area contributed by atoms with Gasteiger partial charge in [0, 0.05) is 18.7 Å². The highest BCUT2D eigenvalue weighted by atomic mass is 32.1. The number of ether oxygens (including phenoxy) is 1. The molecule has 0 aliphatic carbocycles. The summed E-state index contributed by atoms with van der Waals surface area (Å²) < 4.78 is 5.79. The Hall–Kier alpha value is -3.12. The third-order valence-corrected chi connectivity index (χ3v) is 4.61. The second-order valence-corrected chi connectivity index (χ2v) is 6.92. The summed E-state index contributed by atoms with van der Waals surface area (Å²) >= 11 is 1.37. The lowest BCUT2D eigenvalue weighted by atomic mass is 10.2. The summed E-state index contributed by atoms with van der Waals surface area (Å²) in [6.07, 6.45) is 0.207. The van der Waals surface area contributed by atoms with Gasteiger partial charge in [-0.15, -0.1) is 11.3 Å². The number of carbonyl (C=O) groups excluding carboxylic acids is 2. The van der Waals surface area contributed by atoms with Crippen molar-refractivity contribution in [3.05, 3.63) is 76.5 Å².